The predicted molar refractivity (Wildman–Crippen MR) is 50.9 cm³/mol. The van der Waals surface area contributed by atoms with E-state index in [0.29, 0.717) is 6.20 Å². The van der Waals surface area contributed by atoms with Crippen molar-refractivity contribution < 1.29 is 35.9 Å². The Morgan fingerprint density at radius 1 is 1.26 bits per heavy atom. The Labute approximate surface area is 107 Å². The second-order valence-electron chi connectivity index (χ2n) is 3.17. The number of carbonyl (C=O) groups is 1. The molecule has 3 nitrogen and oxygen atoms in total. The van der Waals surface area contributed by atoms with Gasteiger partial charge in [-0.3, -0.25) is 4.79 Å². The first-order valence-corrected chi connectivity index (χ1v) is 4.99. The van der Waals surface area contributed by atoms with Crippen molar-refractivity contribution in [2.45, 2.75) is 18.4 Å². The van der Waals surface area contributed by atoms with Crippen molar-refractivity contribution in [2.75, 3.05) is 0 Å². The highest BCUT2D eigenvalue weighted by Crippen LogP contribution is 2.40. The van der Waals surface area contributed by atoms with E-state index < -0.39 is 41.0 Å². The van der Waals surface area contributed by atoms with Crippen LogP contribution in [0.25, 0.3) is 0 Å². The minimum atomic E-state index is -5.35. The van der Waals surface area contributed by atoms with Crippen LogP contribution in [0.3, 0.4) is 0 Å². The fourth-order valence-corrected chi connectivity index (χ4v) is 1.56. The molecule has 10 heteroatoms. The first kappa shape index (κ1) is 15.5. The molecule has 1 aromatic heterocycles. The van der Waals surface area contributed by atoms with Gasteiger partial charge in [-0.05, 0) is 5.56 Å². The second kappa shape index (κ2) is 5.24. The summed E-state index contributed by atoms with van der Waals surface area (Å²) in [7, 11) is 0. The molecule has 106 valence electrons. The van der Waals surface area contributed by atoms with E-state index in [1.165, 1.54) is 0 Å². The summed E-state index contributed by atoms with van der Waals surface area (Å²) >= 11 is 5.24. The predicted octanol–water partition coefficient (Wildman–Crippen LogP) is 3.55. The summed E-state index contributed by atoms with van der Waals surface area (Å²) in [5.74, 6) is -2.51. The third-order valence-electron chi connectivity index (χ3n) is 1.94. The van der Waals surface area contributed by atoms with Crippen LogP contribution in [0.5, 0.6) is 5.88 Å². The van der Waals surface area contributed by atoms with E-state index in [4.69, 9.17) is 11.6 Å². The number of carbonyl (C=O) groups excluding carboxylic acids is 1. The average Bonchev–Trinajstić information content (AvgIpc) is 2.24. The number of aromatic nitrogens is 1. The van der Waals surface area contributed by atoms with Crippen molar-refractivity contribution in [3.05, 3.63) is 22.9 Å². The van der Waals surface area contributed by atoms with Crippen LogP contribution in [-0.2, 0) is 12.1 Å². The minimum absolute atomic E-state index is 0.0112. The number of halogens is 7. The van der Waals surface area contributed by atoms with Gasteiger partial charge >= 0.3 is 12.5 Å². The number of rotatable bonds is 3. The molecule has 0 radical (unpaired) electrons. The van der Waals surface area contributed by atoms with Crippen molar-refractivity contribution in [1.29, 1.82) is 0 Å². The van der Waals surface area contributed by atoms with Crippen molar-refractivity contribution in [1.82, 2.24) is 4.98 Å². The molecule has 0 aromatic carbocycles. The highest BCUT2D eigenvalue weighted by atomic mass is 35.5. The van der Waals surface area contributed by atoms with Gasteiger partial charge in [-0.15, -0.1) is 24.8 Å². The summed E-state index contributed by atoms with van der Waals surface area (Å²) in [6, 6.07) is 0. The van der Waals surface area contributed by atoms with E-state index in [2.05, 4.69) is 9.72 Å². The fourth-order valence-electron chi connectivity index (χ4n) is 1.27. The summed E-state index contributed by atoms with van der Waals surface area (Å²) in [6.07, 6.45) is -10.0. The number of hydrogen-bond donors (Lipinski definition) is 0. The largest absolute Gasteiger partial charge is 0.574 e. The molecule has 0 saturated carbocycles. The lowest BCUT2D eigenvalue weighted by Crippen LogP contribution is -2.22. The zero-order chi connectivity index (χ0) is 14.8. The molecule has 0 amide bonds. The molecule has 0 aliphatic carbocycles. The summed E-state index contributed by atoms with van der Waals surface area (Å²) < 4.78 is 77.4. The van der Waals surface area contributed by atoms with Crippen molar-refractivity contribution in [2.24, 2.45) is 0 Å². The number of aldehydes is 1. The molecular formula is C9H4ClF6NO2. The van der Waals surface area contributed by atoms with E-state index in [1.807, 2.05) is 0 Å². The molecule has 0 aliphatic heterocycles. The molecule has 0 saturated heterocycles. The van der Waals surface area contributed by atoms with Gasteiger partial charge in [-0.1, -0.05) is 0 Å². The lowest BCUT2D eigenvalue weighted by Gasteiger charge is -2.17. The number of hydrogen-bond acceptors (Lipinski definition) is 3. The van der Waals surface area contributed by atoms with E-state index in [1.54, 1.807) is 0 Å². The van der Waals surface area contributed by atoms with Crippen LogP contribution in [0.15, 0.2) is 6.20 Å². The Balaban J connectivity index is 3.52. The SMILES string of the molecule is O=Cc1cnc(OC(F)(F)F)c(C(F)(F)F)c1CCl. The van der Waals surface area contributed by atoms with Gasteiger partial charge in [0.2, 0.25) is 5.88 Å². The Kier molecular flexibility index (Phi) is 4.28. The molecular weight excluding hydrogens is 304 g/mol. The van der Waals surface area contributed by atoms with Crippen molar-refractivity contribution >= 4 is 17.9 Å². The maximum Gasteiger partial charge on any atom is 0.574 e. The second-order valence-corrected chi connectivity index (χ2v) is 3.44. The molecule has 0 bridgehead atoms. The maximum atomic E-state index is 12.7. The van der Waals surface area contributed by atoms with Gasteiger partial charge < -0.3 is 4.74 Å². The number of ether oxygens (including phenoxy) is 1. The van der Waals surface area contributed by atoms with Gasteiger partial charge in [0.05, 0.1) is 0 Å². The monoisotopic (exact) mass is 307 g/mol. The number of nitrogens with zero attached hydrogens (tertiary/aromatic N) is 1. The molecule has 1 rings (SSSR count). The summed E-state index contributed by atoms with van der Waals surface area (Å²) in [5, 5.41) is 0. The van der Waals surface area contributed by atoms with Crippen LogP contribution in [0.4, 0.5) is 26.3 Å². The normalized spacial score (nSPS) is 12.4. The van der Waals surface area contributed by atoms with Crippen LogP contribution >= 0.6 is 11.6 Å². The topological polar surface area (TPSA) is 39.2 Å². The van der Waals surface area contributed by atoms with Crippen LogP contribution < -0.4 is 4.74 Å². The van der Waals surface area contributed by atoms with Gasteiger partial charge in [0.25, 0.3) is 0 Å². The third kappa shape index (κ3) is 3.72. The van der Waals surface area contributed by atoms with Crippen LogP contribution in [0, 0.1) is 0 Å². The Morgan fingerprint density at radius 3 is 2.21 bits per heavy atom. The van der Waals surface area contributed by atoms with Crippen LogP contribution in [0.1, 0.15) is 21.5 Å². The first-order valence-electron chi connectivity index (χ1n) is 4.46. The molecule has 0 fully saturated rings. The smallest absolute Gasteiger partial charge is 0.387 e. The zero-order valence-electron chi connectivity index (χ0n) is 8.77. The summed E-state index contributed by atoms with van der Waals surface area (Å²) in [6.45, 7) is 0. The average molecular weight is 308 g/mol. The highest BCUT2D eigenvalue weighted by Gasteiger charge is 2.42. The molecule has 0 atom stereocenters. The van der Waals surface area contributed by atoms with Crippen LogP contribution in [-0.4, -0.2) is 17.6 Å². The van der Waals surface area contributed by atoms with E-state index >= 15 is 0 Å². The summed E-state index contributed by atoms with van der Waals surface area (Å²) in [4.78, 5) is 13.4. The molecule has 0 unspecified atom stereocenters. The highest BCUT2D eigenvalue weighted by molar-refractivity contribution is 6.17. The Morgan fingerprint density at radius 2 is 1.84 bits per heavy atom. The Bertz CT molecular complexity index is 485. The number of pyridine rings is 1. The molecule has 1 aromatic rings. The van der Waals surface area contributed by atoms with Gasteiger partial charge in [-0.25, -0.2) is 4.98 Å². The summed E-state index contributed by atoms with van der Waals surface area (Å²) in [5.41, 5.74) is -3.19. The molecule has 0 spiro atoms. The molecule has 0 aliphatic rings. The van der Waals surface area contributed by atoms with Gasteiger partial charge in [-0.2, -0.15) is 13.2 Å². The Hall–Kier alpha value is -1.51. The van der Waals surface area contributed by atoms with Crippen molar-refractivity contribution in [3.63, 3.8) is 0 Å². The first-order chi connectivity index (χ1) is 8.60. The van der Waals surface area contributed by atoms with Gasteiger partial charge in [0, 0.05) is 17.6 Å². The van der Waals surface area contributed by atoms with Gasteiger partial charge in [0.15, 0.2) is 6.29 Å². The molecule has 1 heterocycles. The molecule has 19 heavy (non-hydrogen) atoms. The van der Waals surface area contributed by atoms with Crippen molar-refractivity contribution in [3.8, 4) is 5.88 Å². The van der Waals surface area contributed by atoms with E-state index in [0.717, 1.165) is 0 Å². The zero-order valence-corrected chi connectivity index (χ0v) is 9.53. The molecule has 0 N–H and O–H groups in total. The minimum Gasteiger partial charge on any atom is -0.387 e. The number of alkyl halides is 7. The quantitative estimate of drug-likeness (QED) is 0.487. The van der Waals surface area contributed by atoms with E-state index in [9.17, 15) is 31.1 Å². The van der Waals surface area contributed by atoms with E-state index in [-0.39, 0.29) is 6.29 Å². The van der Waals surface area contributed by atoms with Crippen LogP contribution in [0.2, 0.25) is 0 Å². The lowest BCUT2D eigenvalue weighted by molar-refractivity contribution is -0.277. The lowest BCUT2D eigenvalue weighted by atomic mass is 10.1. The maximum absolute atomic E-state index is 12.7. The fraction of sp³-hybridized carbons (Fsp3) is 0.333. The van der Waals surface area contributed by atoms with Gasteiger partial charge in [0.1, 0.15) is 5.56 Å². The third-order valence-corrected chi connectivity index (χ3v) is 2.21. The standard InChI is InChI=1S/C9H4ClF6NO2/c10-1-5-4(3-18)2-17-7(19-9(14,15)16)6(5)8(11,12)13/h2-3H,1H2.